The van der Waals surface area contributed by atoms with E-state index in [1.807, 2.05) is 17.0 Å². The molecule has 0 spiro atoms. The zero-order valence-corrected chi connectivity index (χ0v) is 14.6. The van der Waals surface area contributed by atoms with E-state index in [0.29, 0.717) is 50.5 Å². The molecular weight excluding hydrogens is 330 g/mol. The number of carbonyl (C=O) groups excluding carboxylic acids is 2. The lowest BCUT2D eigenvalue weighted by Gasteiger charge is -2.29. The Morgan fingerprint density at radius 3 is 2.27 bits per heavy atom. The lowest BCUT2D eigenvalue weighted by atomic mass is 9.99. The number of morpholine rings is 1. The molecule has 1 aromatic heterocycles. The molecule has 0 bridgehead atoms. The summed E-state index contributed by atoms with van der Waals surface area (Å²) in [7, 11) is 0. The average Bonchev–Trinajstić information content (AvgIpc) is 2.73. The molecule has 1 aromatic carbocycles. The summed E-state index contributed by atoms with van der Waals surface area (Å²) in [6.07, 6.45) is 3.92. The summed E-state index contributed by atoms with van der Waals surface area (Å²) in [6.45, 7) is 3.50. The maximum Gasteiger partial charge on any atom is 0.255 e. The molecule has 2 aliphatic rings. The molecule has 2 aromatic rings. The molecule has 0 unspecified atom stereocenters. The Balaban J connectivity index is 1.51. The predicted octanol–water partition coefficient (Wildman–Crippen LogP) is 1.75. The van der Waals surface area contributed by atoms with Gasteiger partial charge in [-0.2, -0.15) is 0 Å². The van der Waals surface area contributed by atoms with Crippen molar-refractivity contribution >= 4 is 11.8 Å². The Morgan fingerprint density at radius 2 is 1.54 bits per heavy atom. The third kappa shape index (κ3) is 3.32. The number of hydrogen-bond donors (Lipinski definition) is 0. The lowest BCUT2D eigenvalue weighted by molar-refractivity contribution is 0.0302. The summed E-state index contributed by atoms with van der Waals surface area (Å²) in [5.41, 5.74) is 3.39. The third-order valence-electron chi connectivity index (χ3n) is 4.95. The van der Waals surface area contributed by atoms with Gasteiger partial charge in [0, 0.05) is 38.6 Å². The van der Waals surface area contributed by atoms with E-state index in [-0.39, 0.29) is 11.8 Å². The smallest absolute Gasteiger partial charge is 0.255 e. The number of pyridine rings is 1. The van der Waals surface area contributed by atoms with Gasteiger partial charge in [-0.3, -0.25) is 14.6 Å². The molecule has 0 atom stereocenters. The molecule has 2 amide bonds. The van der Waals surface area contributed by atoms with E-state index in [2.05, 4.69) is 17.1 Å². The minimum atomic E-state index is -0.0977. The number of amides is 2. The number of ether oxygens (including phenoxy) is 1. The van der Waals surface area contributed by atoms with Gasteiger partial charge < -0.3 is 14.5 Å². The first kappa shape index (κ1) is 16.7. The molecule has 0 radical (unpaired) electrons. The van der Waals surface area contributed by atoms with Crippen molar-refractivity contribution in [1.29, 1.82) is 0 Å². The van der Waals surface area contributed by atoms with Gasteiger partial charge in [-0.1, -0.05) is 24.3 Å². The normalized spacial score (nSPS) is 16.9. The Morgan fingerprint density at radius 1 is 0.885 bits per heavy atom. The van der Waals surface area contributed by atoms with Crippen molar-refractivity contribution in [2.45, 2.75) is 13.0 Å². The van der Waals surface area contributed by atoms with Crippen LogP contribution in [0.25, 0.3) is 0 Å². The Labute approximate surface area is 152 Å². The maximum atomic E-state index is 12.9. The van der Waals surface area contributed by atoms with E-state index < -0.39 is 0 Å². The van der Waals surface area contributed by atoms with E-state index in [4.69, 9.17) is 4.74 Å². The zero-order chi connectivity index (χ0) is 17.9. The van der Waals surface area contributed by atoms with Crippen molar-refractivity contribution in [3.05, 3.63) is 65.0 Å². The highest BCUT2D eigenvalue weighted by atomic mass is 16.5. The van der Waals surface area contributed by atoms with Crippen LogP contribution in [0.1, 0.15) is 31.8 Å². The monoisotopic (exact) mass is 351 g/mol. The van der Waals surface area contributed by atoms with Crippen molar-refractivity contribution in [3.63, 3.8) is 0 Å². The van der Waals surface area contributed by atoms with Crippen molar-refractivity contribution < 1.29 is 14.3 Å². The number of rotatable bonds is 2. The second-order valence-electron chi connectivity index (χ2n) is 6.61. The van der Waals surface area contributed by atoms with Crippen LogP contribution in [0.4, 0.5) is 0 Å². The third-order valence-corrected chi connectivity index (χ3v) is 4.95. The summed E-state index contributed by atoms with van der Waals surface area (Å²) in [5, 5.41) is 0. The quantitative estimate of drug-likeness (QED) is 0.827. The largest absolute Gasteiger partial charge is 0.378 e. The summed E-state index contributed by atoms with van der Waals surface area (Å²) >= 11 is 0. The molecule has 0 saturated carbocycles. The molecule has 4 rings (SSSR count). The van der Waals surface area contributed by atoms with Crippen molar-refractivity contribution in [2.75, 3.05) is 32.8 Å². The number of fused-ring (bicyclic) bond motifs is 1. The molecule has 26 heavy (non-hydrogen) atoms. The second-order valence-corrected chi connectivity index (χ2v) is 6.61. The molecule has 1 saturated heterocycles. The first-order chi connectivity index (χ1) is 12.7. The van der Waals surface area contributed by atoms with E-state index >= 15 is 0 Å². The van der Waals surface area contributed by atoms with Gasteiger partial charge in [0.15, 0.2) is 0 Å². The number of carbonyl (C=O) groups is 2. The van der Waals surface area contributed by atoms with Crippen LogP contribution in [0, 0.1) is 0 Å². The van der Waals surface area contributed by atoms with Crippen LogP contribution in [0.3, 0.4) is 0 Å². The van der Waals surface area contributed by atoms with Crippen LogP contribution in [0.5, 0.6) is 0 Å². The molecule has 6 nitrogen and oxygen atoms in total. The predicted molar refractivity (Wildman–Crippen MR) is 95.8 cm³/mol. The number of aromatic nitrogens is 1. The van der Waals surface area contributed by atoms with Gasteiger partial charge in [-0.25, -0.2) is 0 Å². The van der Waals surface area contributed by atoms with Crippen molar-refractivity contribution in [2.24, 2.45) is 0 Å². The fraction of sp³-hybridized carbons (Fsp3) is 0.350. The summed E-state index contributed by atoms with van der Waals surface area (Å²) < 4.78 is 5.29. The molecule has 134 valence electrons. The molecule has 2 aliphatic heterocycles. The standard InChI is InChI=1S/C20H21N3O3/c24-19(22-7-9-26-10-8-22)17-11-18(13-21-12-17)20(25)23-6-5-15-3-1-2-4-16(15)14-23/h1-4,11-13H,5-10,14H2. The fourth-order valence-corrected chi connectivity index (χ4v) is 3.47. The van der Waals surface area contributed by atoms with Crippen LogP contribution in [0.2, 0.25) is 0 Å². The number of nitrogens with zero attached hydrogens (tertiary/aromatic N) is 3. The van der Waals surface area contributed by atoms with Crippen LogP contribution in [-0.4, -0.2) is 59.4 Å². The first-order valence-corrected chi connectivity index (χ1v) is 8.90. The first-order valence-electron chi connectivity index (χ1n) is 8.90. The molecule has 6 heteroatoms. The van der Waals surface area contributed by atoms with E-state index in [1.165, 1.54) is 17.3 Å². The van der Waals surface area contributed by atoms with Crippen LogP contribution < -0.4 is 0 Å². The second kappa shape index (κ2) is 7.25. The van der Waals surface area contributed by atoms with Gasteiger partial charge in [-0.15, -0.1) is 0 Å². The van der Waals surface area contributed by atoms with Crippen LogP contribution >= 0.6 is 0 Å². The lowest BCUT2D eigenvalue weighted by Crippen LogP contribution is -2.41. The minimum Gasteiger partial charge on any atom is -0.378 e. The van der Waals surface area contributed by atoms with Gasteiger partial charge in [0.25, 0.3) is 11.8 Å². The van der Waals surface area contributed by atoms with Gasteiger partial charge in [0.05, 0.1) is 24.3 Å². The molecule has 0 N–H and O–H groups in total. The van der Waals surface area contributed by atoms with Crippen molar-refractivity contribution in [1.82, 2.24) is 14.8 Å². The molecule has 3 heterocycles. The highest BCUT2D eigenvalue weighted by Gasteiger charge is 2.24. The Kier molecular flexibility index (Phi) is 4.67. The van der Waals surface area contributed by atoms with Crippen molar-refractivity contribution in [3.8, 4) is 0 Å². The minimum absolute atomic E-state index is 0.0800. The van der Waals surface area contributed by atoms with Gasteiger partial charge in [0.1, 0.15) is 0 Å². The Hall–Kier alpha value is -2.73. The van der Waals surface area contributed by atoms with Gasteiger partial charge in [-0.05, 0) is 23.6 Å². The fourth-order valence-electron chi connectivity index (χ4n) is 3.47. The average molecular weight is 351 g/mol. The van der Waals surface area contributed by atoms with E-state index in [0.717, 1.165) is 6.42 Å². The SMILES string of the molecule is O=C(c1cncc(C(=O)N2CCc3ccccc3C2)c1)N1CCOCC1. The number of hydrogen-bond acceptors (Lipinski definition) is 4. The highest BCUT2D eigenvalue weighted by molar-refractivity contribution is 5.99. The zero-order valence-electron chi connectivity index (χ0n) is 14.6. The Bertz CT molecular complexity index is 831. The maximum absolute atomic E-state index is 12.9. The molecule has 1 fully saturated rings. The van der Waals surface area contributed by atoms with E-state index in [1.54, 1.807) is 17.2 Å². The molecular formula is C20H21N3O3. The number of benzene rings is 1. The van der Waals surface area contributed by atoms with Gasteiger partial charge in [0.2, 0.25) is 0 Å². The summed E-state index contributed by atoms with van der Waals surface area (Å²) in [5.74, 6) is -0.178. The highest BCUT2D eigenvalue weighted by Crippen LogP contribution is 2.20. The topological polar surface area (TPSA) is 62.7 Å². The molecule has 0 aliphatic carbocycles. The van der Waals surface area contributed by atoms with Crippen LogP contribution in [-0.2, 0) is 17.7 Å². The summed E-state index contributed by atoms with van der Waals surface area (Å²) in [4.78, 5) is 33.2. The summed E-state index contributed by atoms with van der Waals surface area (Å²) in [6, 6.07) is 9.86. The van der Waals surface area contributed by atoms with Crippen LogP contribution in [0.15, 0.2) is 42.7 Å². The van der Waals surface area contributed by atoms with Gasteiger partial charge >= 0.3 is 0 Å². The van der Waals surface area contributed by atoms with E-state index in [9.17, 15) is 9.59 Å².